The van der Waals surface area contributed by atoms with Crippen LogP contribution in [0.4, 0.5) is 0 Å². The van der Waals surface area contributed by atoms with Crippen molar-refractivity contribution in [2.24, 2.45) is 0 Å². The monoisotopic (exact) mass is 605 g/mol. The zero-order valence-corrected chi connectivity index (χ0v) is 23.8. The van der Waals surface area contributed by atoms with Crippen LogP contribution < -0.4 is 5.32 Å². The normalized spacial score (nSPS) is 12.2. The van der Waals surface area contributed by atoms with E-state index in [-0.39, 0.29) is 23.8 Å². The molecule has 3 rings (SSSR count). The van der Waals surface area contributed by atoms with E-state index in [2.05, 4.69) is 21.2 Å². The maximum atomic E-state index is 13.7. The van der Waals surface area contributed by atoms with Gasteiger partial charge in [0.15, 0.2) is 0 Å². The molecule has 1 atom stereocenters. The van der Waals surface area contributed by atoms with Crippen LogP contribution in [0.5, 0.6) is 0 Å². The number of benzene rings is 3. The van der Waals surface area contributed by atoms with Crippen LogP contribution in [0.1, 0.15) is 18.1 Å². The second-order valence-corrected chi connectivity index (χ2v) is 11.9. The van der Waals surface area contributed by atoms with Gasteiger partial charge in [0.05, 0.1) is 11.4 Å². The average molecular weight is 607 g/mol. The van der Waals surface area contributed by atoms with E-state index < -0.39 is 28.5 Å². The summed E-state index contributed by atoms with van der Waals surface area (Å²) in [7, 11) is -2.62. The molecule has 0 radical (unpaired) electrons. The van der Waals surface area contributed by atoms with Crippen LogP contribution in [0.2, 0.25) is 5.02 Å². The topological polar surface area (TPSA) is 86.8 Å². The summed E-state index contributed by atoms with van der Waals surface area (Å²) in [5.41, 5.74) is 1.68. The van der Waals surface area contributed by atoms with Crippen LogP contribution in [0.15, 0.2) is 88.2 Å². The SMILES string of the molecule is CCNC(=O)[C@@H](Cc1ccccc1)N(Cc1cccc(Br)c1)C(=O)CN(C)S(=O)(=O)c1ccc(Cl)cc1. The van der Waals surface area contributed by atoms with Gasteiger partial charge in [-0.3, -0.25) is 9.59 Å². The number of hydrogen-bond acceptors (Lipinski definition) is 4. The first-order valence-electron chi connectivity index (χ1n) is 11.7. The molecule has 2 amide bonds. The fourth-order valence-corrected chi connectivity index (χ4v) is 5.52. The van der Waals surface area contributed by atoms with E-state index in [4.69, 9.17) is 11.6 Å². The lowest BCUT2D eigenvalue weighted by Gasteiger charge is -2.32. The summed E-state index contributed by atoms with van der Waals surface area (Å²) in [5, 5.41) is 3.23. The number of nitrogens with zero attached hydrogens (tertiary/aromatic N) is 2. The van der Waals surface area contributed by atoms with Crippen LogP contribution in [0.25, 0.3) is 0 Å². The van der Waals surface area contributed by atoms with E-state index >= 15 is 0 Å². The molecule has 3 aromatic carbocycles. The predicted molar refractivity (Wildman–Crippen MR) is 149 cm³/mol. The molecule has 10 heteroatoms. The van der Waals surface area contributed by atoms with Crippen molar-refractivity contribution in [2.75, 3.05) is 20.1 Å². The lowest BCUT2D eigenvalue weighted by Crippen LogP contribution is -2.53. The Bertz CT molecular complexity index is 1320. The second-order valence-electron chi connectivity index (χ2n) is 8.47. The smallest absolute Gasteiger partial charge is 0.243 e. The number of carbonyl (C=O) groups excluding carboxylic acids is 2. The predicted octanol–water partition coefficient (Wildman–Crippen LogP) is 4.50. The van der Waals surface area contributed by atoms with Crippen LogP contribution in [-0.2, 0) is 32.6 Å². The Morgan fingerprint density at radius 2 is 1.62 bits per heavy atom. The first kappa shape index (κ1) is 28.8. The molecule has 0 aromatic heterocycles. The third kappa shape index (κ3) is 7.88. The molecule has 0 spiro atoms. The van der Waals surface area contributed by atoms with Crippen molar-refractivity contribution in [2.45, 2.75) is 30.8 Å². The summed E-state index contributed by atoms with van der Waals surface area (Å²) in [6, 6.07) is 21.8. The molecule has 37 heavy (non-hydrogen) atoms. The van der Waals surface area contributed by atoms with Crippen LogP contribution in [-0.4, -0.2) is 55.6 Å². The highest BCUT2D eigenvalue weighted by atomic mass is 79.9. The first-order chi connectivity index (χ1) is 17.6. The molecule has 0 bridgehead atoms. The molecule has 0 saturated carbocycles. The molecule has 0 fully saturated rings. The number of rotatable bonds is 11. The average Bonchev–Trinajstić information content (AvgIpc) is 2.87. The van der Waals surface area contributed by atoms with Crippen molar-refractivity contribution in [3.63, 3.8) is 0 Å². The van der Waals surface area contributed by atoms with E-state index in [1.54, 1.807) is 0 Å². The zero-order valence-electron chi connectivity index (χ0n) is 20.6. The number of hydrogen-bond donors (Lipinski definition) is 1. The lowest BCUT2D eigenvalue weighted by molar-refractivity contribution is -0.141. The standard InChI is InChI=1S/C27H29BrClN3O4S/c1-3-30-27(34)25(17-20-8-5-4-6-9-20)32(18-21-10-7-11-22(28)16-21)26(33)19-31(2)37(35,36)24-14-12-23(29)13-15-24/h4-16,25H,3,17-19H2,1-2H3,(H,30,34)/t25-/m1/s1. The molecule has 0 aliphatic carbocycles. The molecule has 3 aromatic rings. The van der Waals surface area contributed by atoms with Gasteiger partial charge in [-0.15, -0.1) is 0 Å². The summed E-state index contributed by atoms with van der Waals surface area (Å²) in [4.78, 5) is 28.4. The van der Waals surface area contributed by atoms with Crippen LogP contribution >= 0.6 is 27.5 Å². The summed E-state index contributed by atoms with van der Waals surface area (Å²) < 4.78 is 28.1. The number of nitrogens with one attached hydrogen (secondary N) is 1. The quantitative estimate of drug-likeness (QED) is 0.348. The van der Waals surface area contributed by atoms with E-state index in [1.165, 1.54) is 36.2 Å². The summed E-state index contributed by atoms with van der Waals surface area (Å²) >= 11 is 9.35. The molecule has 7 nitrogen and oxygen atoms in total. The van der Waals surface area contributed by atoms with E-state index in [9.17, 15) is 18.0 Å². The van der Waals surface area contributed by atoms with E-state index in [0.717, 1.165) is 19.9 Å². The Kier molecular flexibility index (Phi) is 10.3. The molecule has 1 N–H and O–H groups in total. The number of halogens is 2. The molecular formula is C27H29BrClN3O4S. The minimum atomic E-state index is -3.96. The van der Waals surface area contributed by atoms with Gasteiger partial charge >= 0.3 is 0 Å². The highest BCUT2D eigenvalue weighted by molar-refractivity contribution is 9.10. The highest BCUT2D eigenvalue weighted by Gasteiger charge is 2.32. The van der Waals surface area contributed by atoms with E-state index in [1.807, 2.05) is 61.5 Å². The summed E-state index contributed by atoms with van der Waals surface area (Å²) in [6.07, 6.45) is 0.278. The molecule has 0 saturated heterocycles. The van der Waals surface area contributed by atoms with Crippen molar-refractivity contribution in [3.05, 3.63) is 99.5 Å². The number of amides is 2. The number of likely N-dealkylation sites (N-methyl/N-ethyl adjacent to an activating group) is 2. The van der Waals surface area contributed by atoms with Crippen molar-refractivity contribution in [1.82, 2.24) is 14.5 Å². The molecule has 0 heterocycles. The lowest BCUT2D eigenvalue weighted by atomic mass is 10.0. The van der Waals surface area contributed by atoms with Crippen molar-refractivity contribution >= 4 is 49.4 Å². The minimum absolute atomic E-state index is 0.0234. The Morgan fingerprint density at radius 1 is 0.973 bits per heavy atom. The minimum Gasteiger partial charge on any atom is -0.355 e. The van der Waals surface area contributed by atoms with Gasteiger partial charge in [-0.1, -0.05) is 70.0 Å². The molecule has 0 unspecified atom stereocenters. The van der Waals surface area contributed by atoms with Crippen LogP contribution in [0, 0.1) is 0 Å². The van der Waals surface area contributed by atoms with Gasteiger partial charge in [-0.05, 0) is 54.4 Å². The number of sulfonamides is 1. The van der Waals surface area contributed by atoms with Crippen LogP contribution in [0.3, 0.4) is 0 Å². The van der Waals surface area contributed by atoms with Gasteiger partial charge in [0.2, 0.25) is 21.8 Å². The fourth-order valence-electron chi connectivity index (χ4n) is 3.83. The Hall–Kier alpha value is -2.72. The van der Waals surface area contributed by atoms with Gasteiger partial charge in [-0.25, -0.2) is 8.42 Å². The zero-order chi connectivity index (χ0) is 27.0. The van der Waals surface area contributed by atoms with E-state index in [0.29, 0.717) is 11.6 Å². The third-order valence-electron chi connectivity index (χ3n) is 5.74. The highest BCUT2D eigenvalue weighted by Crippen LogP contribution is 2.20. The Balaban J connectivity index is 1.95. The number of carbonyl (C=O) groups is 2. The second kappa shape index (κ2) is 13.2. The first-order valence-corrected chi connectivity index (χ1v) is 14.3. The van der Waals surface area contributed by atoms with Crippen molar-refractivity contribution in [1.29, 1.82) is 0 Å². The summed E-state index contributed by atoms with van der Waals surface area (Å²) in [6.45, 7) is 1.89. The third-order valence-corrected chi connectivity index (χ3v) is 8.31. The van der Waals surface area contributed by atoms with Gasteiger partial charge in [0.1, 0.15) is 6.04 Å². The van der Waals surface area contributed by atoms with Crippen molar-refractivity contribution in [3.8, 4) is 0 Å². The van der Waals surface area contributed by atoms with Crippen molar-refractivity contribution < 1.29 is 18.0 Å². The Labute approximate surface area is 231 Å². The van der Waals surface area contributed by atoms with Gasteiger partial charge in [0.25, 0.3) is 0 Å². The maximum Gasteiger partial charge on any atom is 0.243 e. The Morgan fingerprint density at radius 3 is 2.24 bits per heavy atom. The molecular weight excluding hydrogens is 578 g/mol. The largest absolute Gasteiger partial charge is 0.355 e. The summed E-state index contributed by atoms with van der Waals surface area (Å²) in [5.74, 6) is -0.801. The molecule has 0 aliphatic rings. The molecule has 0 aliphatic heterocycles. The van der Waals surface area contributed by atoms with Gasteiger partial charge in [0, 0.05) is 36.1 Å². The fraction of sp³-hybridized carbons (Fsp3) is 0.259. The van der Waals surface area contributed by atoms with Gasteiger partial charge in [-0.2, -0.15) is 4.31 Å². The van der Waals surface area contributed by atoms with Gasteiger partial charge < -0.3 is 10.2 Å². The maximum absolute atomic E-state index is 13.7. The molecule has 196 valence electrons.